The number of ether oxygens (including phenoxy) is 2. The molecule has 594 valence electrons. The fraction of sp³-hybridized carbons (Fsp3) is 0.580. The number of rotatable bonds is 28. The number of nitrogens with zero attached hydrogens (tertiary/aromatic N) is 4. The lowest BCUT2D eigenvalue weighted by molar-refractivity contribution is -0.141. The Bertz CT molecular complexity index is 3550. The number of nitrogens with two attached hydrogens (primary N) is 7. The summed E-state index contributed by atoms with van der Waals surface area (Å²) < 4.78 is 11.1. The predicted molar refractivity (Wildman–Crippen MR) is 406 cm³/mol. The van der Waals surface area contributed by atoms with Crippen molar-refractivity contribution in [3.63, 3.8) is 0 Å². The maximum absolute atomic E-state index is 15.6. The molecule has 2 bridgehead atoms. The van der Waals surface area contributed by atoms with E-state index in [-0.39, 0.29) is 134 Å². The van der Waals surface area contributed by atoms with Gasteiger partial charge in [-0.3, -0.25) is 67.5 Å². The Morgan fingerprint density at radius 3 is 1.42 bits per heavy atom. The van der Waals surface area contributed by atoms with Crippen molar-refractivity contribution < 1.29 is 67.0 Å². The number of aliphatic imine (C=N–C) groups is 2. The minimum absolute atomic E-state index is 0.00391. The number of benzene rings is 2. The van der Waals surface area contributed by atoms with Crippen LogP contribution in [0.25, 0.3) is 0 Å². The van der Waals surface area contributed by atoms with E-state index in [1.807, 2.05) is 0 Å². The molecule has 0 radical (unpaired) electrons. The molecule has 0 aliphatic carbocycles. The van der Waals surface area contributed by atoms with Crippen molar-refractivity contribution in [2.45, 2.75) is 194 Å². The summed E-state index contributed by atoms with van der Waals surface area (Å²) >= 11 is 0. The number of hydrogen-bond donors (Lipinski definition) is 19. The number of carbonyl (C=O) groups excluding carboxylic acids is 12. The molecule has 3 aromatic rings. The molecule has 39 heteroatoms. The van der Waals surface area contributed by atoms with Crippen LogP contribution in [0.15, 0.2) is 71.0 Å². The zero-order valence-electron chi connectivity index (χ0n) is 61.2. The number of fused-ring (bicyclic) bond motifs is 5. The molecule has 2 aromatic carbocycles. The van der Waals surface area contributed by atoms with Crippen LogP contribution in [-0.2, 0) is 76.8 Å². The highest BCUT2D eigenvalue weighted by Gasteiger charge is 2.43. The maximum atomic E-state index is 15.6. The third-order valence-electron chi connectivity index (χ3n) is 18.1. The minimum Gasteiger partial charge on any atom is -0.493 e. The van der Waals surface area contributed by atoms with Gasteiger partial charge in [0, 0.05) is 56.5 Å². The van der Waals surface area contributed by atoms with E-state index in [1.165, 1.54) is 38.6 Å². The third kappa shape index (κ3) is 28.3. The van der Waals surface area contributed by atoms with E-state index in [0.717, 1.165) is 10.8 Å². The van der Waals surface area contributed by atoms with Crippen LogP contribution in [0.2, 0.25) is 0 Å². The lowest BCUT2D eigenvalue weighted by Crippen LogP contribution is -2.61. The van der Waals surface area contributed by atoms with Crippen LogP contribution in [0.5, 0.6) is 11.5 Å². The third-order valence-corrected chi connectivity index (χ3v) is 20.6. The largest absolute Gasteiger partial charge is 0.493 e. The van der Waals surface area contributed by atoms with Crippen molar-refractivity contribution >= 4 is 104 Å². The number of guanidine groups is 2. The van der Waals surface area contributed by atoms with Crippen LogP contribution in [-0.4, -0.2) is 229 Å². The number of amides is 12. The van der Waals surface area contributed by atoms with Gasteiger partial charge in [0.2, 0.25) is 65.0 Å². The molecule has 108 heavy (non-hydrogen) atoms. The minimum atomic E-state index is -1.72. The van der Waals surface area contributed by atoms with Crippen molar-refractivity contribution in [2.75, 3.05) is 59.2 Å². The predicted octanol–water partition coefficient (Wildman–Crippen LogP) is -4.34. The monoisotopic (exact) mass is 1550 g/mol. The van der Waals surface area contributed by atoms with Crippen molar-refractivity contribution in [2.24, 2.45) is 50.1 Å². The van der Waals surface area contributed by atoms with E-state index >= 15 is 38.4 Å². The molecule has 1 aromatic heterocycles. The Morgan fingerprint density at radius 1 is 0.491 bits per heavy atom. The van der Waals surface area contributed by atoms with Crippen molar-refractivity contribution in [1.82, 2.24) is 73.4 Å². The van der Waals surface area contributed by atoms with Gasteiger partial charge in [0.15, 0.2) is 28.8 Å². The van der Waals surface area contributed by atoms with E-state index in [0.29, 0.717) is 71.9 Å². The van der Waals surface area contributed by atoms with E-state index in [1.54, 1.807) is 48.5 Å². The highest BCUT2D eigenvalue weighted by molar-refractivity contribution is 8.77. The van der Waals surface area contributed by atoms with Gasteiger partial charge in [0.1, 0.15) is 66.5 Å². The van der Waals surface area contributed by atoms with Crippen LogP contribution < -0.4 is 108 Å². The molecule has 3 fully saturated rings. The molecule has 12 amide bonds. The Kier molecular flexibility index (Phi) is 36.7. The Balaban J connectivity index is 1.57. The number of H-pyrrole nitrogens is 1. The second kappa shape index (κ2) is 45.6. The fourth-order valence-corrected chi connectivity index (χ4v) is 14.6. The zero-order valence-corrected chi connectivity index (χ0v) is 62.9. The Morgan fingerprint density at radius 2 is 0.935 bits per heavy atom. The molecule has 6 rings (SSSR count). The average Bonchev–Trinajstić information content (AvgIpc) is 1.59. The lowest BCUT2D eigenvalue weighted by Gasteiger charge is -2.31. The molecule has 0 spiro atoms. The van der Waals surface area contributed by atoms with E-state index < -0.39 is 148 Å². The molecule has 0 saturated carbocycles. The van der Waals surface area contributed by atoms with Gasteiger partial charge >= 0.3 is 0 Å². The average molecular weight is 1550 g/mol. The van der Waals surface area contributed by atoms with Crippen molar-refractivity contribution in [1.29, 1.82) is 0 Å². The molecule has 3 saturated heterocycles. The Hall–Kier alpha value is -9.99. The Labute approximate surface area is 634 Å². The highest BCUT2D eigenvalue weighted by atomic mass is 33.1. The first-order valence-corrected chi connectivity index (χ1v) is 38.6. The number of imidazole rings is 1. The van der Waals surface area contributed by atoms with E-state index in [2.05, 4.69) is 78.4 Å². The number of methoxy groups -OCH3 is 2. The standard InChI is InChI=1S/C69H107N23O14S2/c1-39-55(93)82-43(18-7-10-26-70)56(94)83-44(19-8-11-27-71)57(95)84-45(20-9-12-28-72)58(96)85-47(22-14-30-79-69(75)76)60(98)91-66-67(104)92-31-15-23-52(92)65(103)89-50(35-42-36-77-38-80-42)63(101)88-48(32-40-16-5-4-6-17-40)61(99)86-46(21-13-29-78-68(73)74)59(97)87-49(33-41-24-25-53(105-2)54(34-41)106-3)62(100)90-51(37-107-108-66)64(102)81-39/h4-6,16-17,24-25,34,36,38-39,43-52,66H,7-15,18-23,26-33,35,37,70-72H2,1-3H3,(H,77,80)(H,81,102)(H,82,93)(H,83,94)(H,84,95)(H,85,96)(H,86,99)(H,87,97)(H,88,101)(H,89,103)(H,90,100)(H,91,98)(H4,73,74,78)(H4,75,76,79)/t39-,43-,44-,45-,46-,47-,48+,49-,50-,51-,52-,66-/m0/s1. The van der Waals surface area contributed by atoms with Gasteiger partial charge in [0.25, 0.3) is 5.91 Å². The summed E-state index contributed by atoms with van der Waals surface area (Å²) in [5.41, 5.74) is 41.7. The number of unbranched alkanes of at least 4 members (excludes halogenated alkanes) is 3. The van der Waals surface area contributed by atoms with Crippen molar-refractivity contribution in [3.05, 3.63) is 77.9 Å². The molecular weight excluding hydrogens is 1440 g/mol. The van der Waals surface area contributed by atoms with Gasteiger partial charge in [-0.2, -0.15) is 0 Å². The molecule has 0 unspecified atom stereocenters. The summed E-state index contributed by atoms with van der Waals surface area (Å²) in [6.45, 7) is 1.85. The SMILES string of the molecule is COc1ccc(C[C@@H]2NC(=O)[C@H](CCCN=C(N)N)NC(=O)[C@@H](Cc3ccccc3)NC(=O)[C@H](Cc3cnc[nH]3)NC(=O)[C@@H]3CCCN3C(=O)[C@H]3NC(=O)[C@H](CCCN=C(N)N)NC(=O)[C@H](CCCCN)NC(=O)[C@H](CCCCN)NC(=O)[C@H](CCCCN)NC(=O)[C@H](C)NC(=O)[C@H](CSS3)NC2=O)cc1OC. The summed E-state index contributed by atoms with van der Waals surface area (Å²) in [6.07, 6.45) is 4.31. The summed E-state index contributed by atoms with van der Waals surface area (Å²) in [4.78, 5) is 197. The van der Waals surface area contributed by atoms with Crippen LogP contribution in [0.4, 0.5) is 0 Å². The quantitative estimate of drug-likeness (QED) is 0.0141. The molecule has 12 atom stereocenters. The highest BCUT2D eigenvalue weighted by Crippen LogP contribution is 2.32. The smallest absolute Gasteiger partial charge is 0.257 e. The summed E-state index contributed by atoms with van der Waals surface area (Å²) in [7, 11) is 4.27. The zero-order chi connectivity index (χ0) is 78.7. The van der Waals surface area contributed by atoms with E-state index in [4.69, 9.17) is 49.6 Å². The van der Waals surface area contributed by atoms with Gasteiger partial charge in [-0.1, -0.05) is 58.0 Å². The van der Waals surface area contributed by atoms with Gasteiger partial charge in [-0.25, -0.2) is 4.98 Å². The summed E-state index contributed by atoms with van der Waals surface area (Å²) in [6, 6.07) is -2.91. The first kappa shape index (κ1) is 86.9. The van der Waals surface area contributed by atoms with Crippen LogP contribution in [0.1, 0.15) is 120 Å². The number of carbonyl (C=O) groups is 12. The van der Waals surface area contributed by atoms with Gasteiger partial charge < -0.3 is 118 Å². The van der Waals surface area contributed by atoms with Gasteiger partial charge in [0.05, 0.1) is 20.5 Å². The van der Waals surface area contributed by atoms with Gasteiger partial charge in [-0.15, -0.1) is 0 Å². The second-order valence-electron chi connectivity index (χ2n) is 26.4. The summed E-state index contributed by atoms with van der Waals surface area (Å²) in [5.74, 6) is -11.2. The second-order valence-corrected chi connectivity index (χ2v) is 28.9. The van der Waals surface area contributed by atoms with Crippen molar-refractivity contribution in [3.8, 4) is 11.5 Å². The van der Waals surface area contributed by atoms with Crippen LogP contribution >= 0.6 is 21.6 Å². The molecule has 37 nitrogen and oxygen atoms in total. The molecule has 3 aliphatic rings. The topological polar surface area (TPSA) is 594 Å². The molecule has 26 N–H and O–H groups in total. The number of aromatic nitrogens is 2. The molecule has 3 aliphatic heterocycles. The first-order valence-electron chi connectivity index (χ1n) is 36.2. The maximum Gasteiger partial charge on any atom is 0.257 e. The summed E-state index contributed by atoms with van der Waals surface area (Å²) in [5, 5.41) is 28.6. The molecular formula is C69H107N23O14S2. The fourth-order valence-electron chi connectivity index (χ4n) is 12.2. The van der Waals surface area contributed by atoms with Crippen LogP contribution in [0.3, 0.4) is 0 Å². The number of hydrogen-bond acceptors (Lipinski definition) is 22. The van der Waals surface area contributed by atoms with Gasteiger partial charge in [-0.05, 0) is 146 Å². The van der Waals surface area contributed by atoms with E-state index in [9.17, 15) is 19.2 Å². The van der Waals surface area contributed by atoms with Crippen LogP contribution in [0, 0.1) is 0 Å². The lowest BCUT2D eigenvalue weighted by atomic mass is 10.0. The number of nitrogens with one attached hydrogen (secondary N) is 12. The molecule has 4 heterocycles. The normalized spacial score (nSPS) is 24.4. The first-order chi connectivity index (χ1) is 51.9. The number of aromatic amines is 1.